The molecule has 2 aliphatic rings. The maximum atomic E-state index is 6.73. The molecule has 4 aromatic carbocycles. The molecule has 1 unspecified atom stereocenters. The first-order valence-corrected chi connectivity index (χ1v) is 13.1. The number of benzene rings is 4. The van der Waals surface area contributed by atoms with Gasteiger partial charge in [0.1, 0.15) is 11.5 Å². The minimum Gasteiger partial charge on any atom is -0.456 e. The fourth-order valence-corrected chi connectivity index (χ4v) is 5.95. The molecule has 0 fully saturated rings. The summed E-state index contributed by atoms with van der Waals surface area (Å²) >= 11 is 0. The van der Waals surface area contributed by atoms with Gasteiger partial charge in [-0.15, -0.1) is 10.2 Å². The Morgan fingerprint density at radius 1 is 0.632 bits per heavy atom. The zero-order valence-electron chi connectivity index (χ0n) is 20.9. The molecule has 0 amide bonds. The first-order valence-electron chi connectivity index (χ1n) is 13.1. The van der Waals surface area contributed by atoms with Crippen molar-refractivity contribution in [1.29, 1.82) is 0 Å². The van der Waals surface area contributed by atoms with Crippen LogP contribution in [0.4, 0.5) is 0 Å². The third-order valence-corrected chi connectivity index (χ3v) is 7.63. The summed E-state index contributed by atoms with van der Waals surface area (Å²) in [6, 6.07) is 39.9. The molecule has 182 valence electrons. The normalized spacial score (nSPS) is 17.6. The molecule has 0 N–H and O–H groups in total. The fraction of sp³-hybridized carbons (Fsp3) is 0.0857. The van der Waals surface area contributed by atoms with Crippen LogP contribution in [-0.4, -0.2) is 10.2 Å². The standard InChI is InChI=1S/C35H26N2O/c1-4-13-25(14-5-1)31-23-24-32(37-36-31)28-19-12-21-30-34(28)38-33-22-11-10-20-29(33)35(30,26-15-6-2-7-16-26)27-17-8-3-9-18-27/h1-8,10-17,19-24H,9,18H2. The van der Waals surface area contributed by atoms with Gasteiger partial charge in [-0.1, -0.05) is 115 Å². The van der Waals surface area contributed by atoms with Gasteiger partial charge >= 0.3 is 0 Å². The summed E-state index contributed by atoms with van der Waals surface area (Å²) in [6.07, 6.45) is 8.73. The van der Waals surface area contributed by atoms with Crippen molar-refractivity contribution in [3.05, 3.63) is 156 Å². The van der Waals surface area contributed by atoms with Crippen molar-refractivity contribution in [2.75, 3.05) is 0 Å². The minimum absolute atomic E-state index is 0.469. The highest BCUT2D eigenvalue weighted by Crippen LogP contribution is 2.58. The van der Waals surface area contributed by atoms with Crippen LogP contribution in [0, 0.1) is 0 Å². The van der Waals surface area contributed by atoms with Crippen molar-refractivity contribution in [1.82, 2.24) is 10.2 Å². The number of fused-ring (bicyclic) bond motifs is 2. The van der Waals surface area contributed by atoms with Crippen molar-refractivity contribution in [3.63, 3.8) is 0 Å². The first kappa shape index (κ1) is 22.4. The summed E-state index contributed by atoms with van der Waals surface area (Å²) in [5, 5.41) is 9.24. The van der Waals surface area contributed by atoms with Crippen LogP contribution in [0.2, 0.25) is 0 Å². The summed E-state index contributed by atoms with van der Waals surface area (Å²) < 4.78 is 6.73. The van der Waals surface area contributed by atoms with Gasteiger partial charge in [0.25, 0.3) is 0 Å². The smallest absolute Gasteiger partial charge is 0.141 e. The van der Waals surface area contributed by atoms with Crippen molar-refractivity contribution >= 4 is 0 Å². The third-order valence-electron chi connectivity index (χ3n) is 7.63. The zero-order chi connectivity index (χ0) is 25.4. The molecule has 38 heavy (non-hydrogen) atoms. The van der Waals surface area contributed by atoms with Crippen LogP contribution in [-0.2, 0) is 5.41 Å². The van der Waals surface area contributed by atoms with Crippen LogP contribution in [0.1, 0.15) is 29.5 Å². The molecule has 1 aromatic heterocycles. The predicted molar refractivity (Wildman–Crippen MR) is 152 cm³/mol. The van der Waals surface area contributed by atoms with E-state index in [2.05, 4.69) is 107 Å². The summed E-state index contributed by atoms with van der Waals surface area (Å²) in [7, 11) is 0. The Kier molecular flexibility index (Phi) is 5.48. The topological polar surface area (TPSA) is 35.0 Å². The predicted octanol–water partition coefficient (Wildman–Crippen LogP) is 8.53. The molecule has 1 aliphatic heterocycles. The molecule has 0 radical (unpaired) electrons. The van der Waals surface area contributed by atoms with Gasteiger partial charge in [0, 0.05) is 22.3 Å². The van der Waals surface area contributed by atoms with Crippen molar-refractivity contribution in [2.45, 2.75) is 18.3 Å². The van der Waals surface area contributed by atoms with E-state index < -0.39 is 5.41 Å². The van der Waals surface area contributed by atoms with Crippen LogP contribution < -0.4 is 4.74 Å². The molecule has 7 rings (SSSR count). The van der Waals surface area contributed by atoms with Crippen molar-refractivity contribution in [2.24, 2.45) is 0 Å². The van der Waals surface area contributed by atoms with Gasteiger partial charge in [0.05, 0.1) is 16.8 Å². The van der Waals surface area contributed by atoms with Crippen LogP contribution >= 0.6 is 0 Å². The lowest BCUT2D eigenvalue weighted by Crippen LogP contribution is -2.35. The van der Waals surface area contributed by atoms with E-state index in [4.69, 9.17) is 4.74 Å². The van der Waals surface area contributed by atoms with Crippen molar-refractivity contribution in [3.8, 4) is 34.0 Å². The lowest BCUT2D eigenvalue weighted by atomic mass is 9.61. The van der Waals surface area contributed by atoms with E-state index in [0.29, 0.717) is 0 Å². The van der Waals surface area contributed by atoms with Gasteiger partial charge in [0.15, 0.2) is 0 Å². The second-order valence-corrected chi connectivity index (χ2v) is 9.73. The molecule has 3 heteroatoms. The molecule has 1 atom stereocenters. The highest BCUT2D eigenvalue weighted by Gasteiger charge is 2.47. The summed E-state index contributed by atoms with van der Waals surface area (Å²) in [6.45, 7) is 0. The third kappa shape index (κ3) is 3.51. The highest BCUT2D eigenvalue weighted by molar-refractivity contribution is 5.78. The second-order valence-electron chi connectivity index (χ2n) is 9.73. The van der Waals surface area contributed by atoms with Gasteiger partial charge in [-0.3, -0.25) is 0 Å². The Morgan fingerprint density at radius 3 is 2.11 bits per heavy atom. The van der Waals surface area contributed by atoms with E-state index in [0.717, 1.165) is 52.4 Å². The Labute approximate surface area is 222 Å². The van der Waals surface area contributed by atoms with Crippen LogP contribution in [0.15, 0.2) is 139 Å². The van der Waals surface area contributed by atoms with Crippen LogP contribution in [0.25, 0.3) is 22.5 Å². The number of hydrogen-bond donors (Lipinski definition) is 0. The van der Waals surface area contributed by atoms with Gasteiger partial charge in [-0.2, -0.15) is 0 Å². The molecule has 3 nitrogen and oxygen atoms in total. The zero-order valence-corrected chi connectivity index (χ0v) is 20.9. The molecule has 0 bridgehead atoms. The lowest BCUT2D eigenvalue weighted by molar-refractivity contribution is 0.431. The van der Waals surface area contributed by atoms with Gasteiger partial charge in [0.2, 0.25) is 0 Å². The maximum Gasteiger partial charge on any atom is 0.141 e. The molecular weight excluding hydrogens is 464 g/mol. The minimum atomic E-state index is -0.469. The van der Waals surface area contributed by atoms with E-state index in [9.17, 15) is 0 Å². The number of rotatable bonds is 4. The van der Waals surface area contributed by atoms with Gasteiger partial charge < -0.3 is 4.74 Å². The first-order chi connectivity index (χ1) is 18.9. The summed E-state index contributed by atoms with van der Waals surface area (Å²) in [5.74, 6) is 1.72. The molecule has 0 saturated heterocycles. The van der Waals surface area contributed by atoms with E-state index in [-0.39, 0.29) is 0 Å². The Bertz CT molecular complexity index is 1670. The average Bonchev–Trinajstić information content (AvgIpc) is 3.01. The summed E-state index contributed by atoms with van der Waals surface area (Å²) in [4.78, 5) is 0. The van der Waals surface area contributed by atoms with E-state index in [1.54, 1.807) is 0 Å². The van der Waals surface area contributed by atoms with Gasteiger partial charge in [-0.25, -0.2) is 0 Å². The van der Waals surface area contributed by atoms with E-state index >= 15 is 0 Å². The molecule has 0 saturated carbocycles. The van der Waals surface area contributed by atoms with E-state index in [1.165, 1.54) is 16.7 Å². The average molecular weight is 491 g/mol. The van der Waals surface area contributed by atoms with Crippen molar-refractivity contribution < 1.29 is 4.74 Å². The molecule has 0 spiro atoms. The number of ether oxygens (including phenoxy) is 1. The largest absolute Gasteiger partial charge is 0.456 e. The lowest BCUT2D eigenvalue weighted by Gasteiger charge is -2.43. The highest BCUT2D eigenvalue weighted by atomic mass is 16.5. The Balaban J connectivity index is 1.47. The Morgan fingerprint density at radius 2 is 1.34 bits per heavy atom. The Hall–Kier alpha value is -4.76. The van der Waals surface area contributed by atoms with E-state index in [1.807, 2.05) is 36.4 Å². The van der Waals surface area contributed by atoms with Crippen LogP contribution in [0.3, 0.4) is 0 Å². The second kappa shape index (κ2) is 9.28. The molecule has 2 heterocycles. The fourth-order valence-electron chi connectivity index (χ4n) is 5.95. The summed E-state index contributed by atoms with van der Waals surface area (Å²) in [5.41, 5.74) is 8.07. The molecule has 5 aromatic rings. The maximum absolute atomic E-state index is 6.73. The SMILES string of the molecule is C1=CCCC(C2(c3ccccc3)c3ccccc3Oc3c(-c4ccc(-c5ccccc5)nn4)cccc32)=C1. The number of allylic oxidation sites excluding steroid dienone is 4. The van der Waals surface area contributed by atoms with Crippen LogP contribution in [0.5, 0.6) is 11.5 Å². The number of nitrogens with zero attached hydrogens (tertiary/aromatic N) is 2. The number of hydrogen-bond acceptors (Lipinski definition) is 3. The van der Waals surface area contributed by atoms with Gasteiger partial charge in [-0.05, 0) is 42.7 Å². The quantitative estimate of drug-likeness (QED) is 0.253. The number of para-hydroxylation sites is 2. The number of aromatic nitrogens is 2. The monoisotopic (exact) mass is 490 g/mol. The molecule has 1 aliphatic carbocycles. The molecular formula is C35H26N2O.